The minimum Gasteiger partial charge on any atom is -0.465 e. The maximum Gasteiger partial charge on any atom is 0.337 e. The van der Waals surface area contributed by atoms with Crippen molar-refractivity contribution in [3.05, 3.63) is 121 Å². The van der Waals surface area contributed by atoms with E-state index in [4.69, 9.17) is 4.74 Å². The monoisotopic (exact) mass is 475 g/mol. The van der Waals surface area contributed by atoms with Crippen LogP contribution in [0.25, 0.3) is 0 Å². The molecule has 0 fully saturated rings. The zero-order chi connectivity index (χ0) is 23.3. The molecule has 0 bridgehead atoms. The predicted octanol–water partition coefficient (Wildman–Crippen LogP) is 4.34. The Kier molecular flexibility index (Phi) is 6.59. The molecule has 33 heavy (non-hydrogen) atoms. The van der Waals surface area contributed by atoms with Crippen LogP contribution in [0.5, 0.6) is 0 Å². The van der Waals surface area contributed by atoms with Crippen LogP contribution in [0.1, 0.15) is 10.4 Å². The fourth-order valence-corrected chi connectivity index (χ4v) is 9.59. The summed E-state index contributed by atoms with van der Waals surface area (Å²) in [6.07, 6.45) is 0. The number of carbonyl (C=O) groups excluding carboxylic acids is 1. The van der Waals surface area contributed by atoms with Gasteiger partial charge in [-0.3, -0.25) is 0 Å². The number of benzene rings is 4. The van der Waals surface area contributed by atoms with E-state index in [2.05, 4.69) is 4.15 Å². The Morgan fingerprint density at radius 3 is 1.42 bits per heavy atom. The molecule has 0 aromatic heterocycles. The second-order valence-electron chi connectivity index (χ2n) is 7.21. The highest BCUT2D eigenvalue weighted by Crippen LogP contribution is 2.48. The van der Waals surface area contributed by atoms with Crippen LogP contribution >= 0.6 is 7.05 Å². The van der Waals surface area contributed by atoms with Gasteiger partial charge in [0.15, 0.2) is 0 Å². The maximum absolute atomic E-state index is 13.7. The lowest BCUT2D eigenvalue weighted by Crippen LogP contribution is -2.26. The Balaban J connectivity index is 2.03. The van der Waals surface area contributed by atoms with E-state index < -0.39 is 23.0 Å². The highest BCUT2D eigenvalue weighted by atomic mass is 32.2. The molecule has 0 saturated carbocycles. The van der Waals surface area contributed by atoms with Crippen LogP contribution in [0, 0.1) is 0 Å². The topological polar surface area (TPSA) is 72.8 Å². The molecule has 0 amide bonds. The molecule has 0 atom stereocenters. The third kappa shape index (κ3) is 4.54. The van der Waals surface area contributed by atoms with Crippen molar-refractivity contribution in [1.29, 1.82) is 0 Å². The lowest BCUT2D eigenvalue weighted by molar-refractivity contribution is 0.0600. The van der Waals surface area contributed by atoms with Crippen LogP contribution in [0.15, 0.2) is 124 Å². The fraction of sp³-hybridized carbons (Fsp3) is 0.0385. The summed E-state index contributed by atoms with van der Waals surface area (Å²) in [5, 5.41) is 2.49. The van der Waals surface area contributed by atoms with Crippen molar-refractivity contribution in [3.8, 4) is 0 Å². The van der Waals surface area contributed by atoms with Gasteiger partial charge in [-0.25, -0.2) is 4.79 Å². The Morgan fingerprint density at radius 1 is 0.667 bits per heavy atom. The van der Waals surface area contributed by atoms with Crippen molar-refractivity contribution in [2.75, 3.05) is 7.11 Å². The molecule has 0 aliphatic carbocycles. The van der Waals surface area contributed by atoms with Gasteiger partial charge in [-0.05, 0) is 24.3 Å². The van der Waals surface area contributed by atoms with Crippen LogP contribution in [0.3, 0.4) is 0 Å². The molecule has 4 aromatic carbocycles. The van der Waals surface area contributed by atoms with Crippen LogP contribution in [-0.2, 0) is 14.8 Å². The predicted molar refractivity (Wildman–Crippen MR) is 133 cm³/mol. The highest BCUT2D eigenvalue weighted by molar-refractivity contribution is 7.99. The molecule has 4 aromatic rings. The zero-order valence-electron chi connectivity index (χ0n) is 17.9. The average Bonchev–Trinajstić information content (AvgIpc) is 2.88. The Bertz CT molecular complexity index is 1300. The standard InChI is InChI=1S/C26H22NO4PS/c1-31-26(28)21-17-19-25(20-18-21)33(29,30)27-32(22-11-5-2-6-12-22,23-13-7-3-8-14-23)24-15-9-4-10-16-24/h2-20H,1H3. The van der Waals surface area contributed by atoms with E-state index in [-0.39, 0.29) is 10.5 Å². The molecule has 166 valence electrons. The van der Waals surface area contributed by atoms with Gasteiger partial charge in [0.25, 0.3) is 10.0 Å². The Morgan fingerprint density at radius 2 is 1.06 bits per heavy atom. The molecule has 0 heterocycles. The van der Waals surface area contributed by atoms with E-state index in [1.54, 1.807) is 0 Å². The Hall–Kier alpha value is -3.47. The molecule has 0 radical (unpaired) electrons. The van der Waals surface area contributed by atoms with E-state index in [1.165, 1.54) is 31.4 Å². The molecular weight excluding hydrogens is 453 g/mol. The summed E-state index contributed by atoms with van der Waals surface area (Å²) in [7, 11) is -5.74. The van der Waals surface area contributed by atoms with Gasteiger partial charge in [-0.1, -0.05) is 91.0 Å². The van der Waals surface area contributed by atoms with Crippen LogP contribution in [-0.4, -0.2) is 21.5 Å². The lowest BCUT2D eigenvalue weighted by atomic mass is 10.2. The first-order chi connectivity index (χ1) is 16.0. The molecule has 0 aliphatic heterocycles. The average molecular weight is 476 g/mol. The highest BCUT2D eigenvalue weighted by Gasteiger charge is 2.31. The second kappa shape index (κ2) is 9.57. The molecule has 7 heteroatoms. The van der Waals surface area contributed by atoms with Crippen molar-refractivity contribution in [1.82, 2.24) is 0 Å². The molecule has 4 rings (SSSR count). The number of rotatable bonds is 6. The normalized spacial score (nSPS) is 11.5. The van der Waals surface area contributed by atoms with Gasteiger partial charge in [0.1, 0.15) is 0 Å². The number of nitrogens with zero attached hydrogens (tertiary/aromatic N) is 1. The van der Waals surface area contributed by atoms with E-state index in [0.717, 1.165) is 15.9 Å². The summed E-state index contributed by atoms with van der Waals surface area (Å²) >= 11 is 0. The van der Waals surface area contributed by atoms with Gasteiger partial charge in [-0.2, -0.15) is 12.6 Å². The molecule has 0 unspecified atom stereocenters. The summed E-state index contributed by atoms with van der Waals surface area (Å²) in [5.74, 6) is -0.532. The minimum absolute atomic E-state index is 0.0160. The van der Waals surface area contributed by atoms with E-state index >= 15 is 0 Å². The van der Waals surface area contributed by atoms with Gasteiger partial charge in [0.05, 0.1) is 24.6 Å². The molecule has 5 nitrogen and oxygen atoms in total. The van der Waals surface area contributed by atoms with Gasteiger partial charge < -0.3 is 4.74 Å². The second-order valence-corrected chi connectivity index (χ2v) is 12.1. The smallest absolute Gasteiger partial charge is 0.337 e. The van der Waals surface area contributed by atoms with Gasteiger partial charge >= 0.3 is 5.97 Å². The zero-order valence-corrected chi connectivity index (χ0v) is 19.6. The molecule has 0 spiro atoms. The first-order valence-electron chi connectivity index (χ1n) is 10.2. The summed E-state index contributed by atoms with van der Waals surface area (Å²) in [6, 6.07) is 34.2. The third-order valence-electron chi connectivity index (χ3n) is 5.19. The number of hydrogen-bond acceptors (Lipinski definition) is 4. The quantitative estimate of drug-likeness (QED) is 0.307. The molecule has 0 aliphatic rings. The fourth-order valence-electron chi connectivity index (χ4n) is 3.61. The summed E-state index contributed by atoms with van der Waals surface area (Å²) in [5.41, 5.74) is 0.270. The third-order valence-corrected chi connectivity index (χ3v) is 11.0. The van der Waals surface area contributed by atoms with Crippen molar-refractivity contribution in [2.24, 2.45) is 4.15 Å². The van der Waals surface area contributed by atoms with Crippen LogP contribution in [0.2, 0.25) is 0 Å². The van der Waals surface area contributed by atoms with Crippen molar-refractivity contribution >= 4 is 39.0 Å². The van der Waals surface area contributed by atoms with Gasteiger partial charge in [0, 0.05) is 15.9 Å². The summed E-state index contributed by atoms with van der Waals surface area (Å²) in [4.78, 5) is 11.8. The van der Waals surface area contributed by atoms with E-state index in [1.807, 2.05) is 91.0 Å². The first kappa shape index (κ1) is 22.7. The molecule has 0 saturated heterocycles. The largest absolute Gasteiger partial charge is 0.465 e. The van der Waals surface area contributed by atoms with Crippen molar-refractivity contribution in [3.63, 3.8) is 0 Å². The number of esters is 1. The molecule has 0 N–H and O–H groups in total. The van der Waals surface area contributed by atoms with Crippen molar-refractivity contribution in [2.45, 2.75) is 4.90 Å². The number of hydrogen-bond donors (Lipinski definition) is 0. The van der Waals surface area contributed by atoms with E-state index in [9.17, 15) is 13.2 Å². The number of carbonyl (C=O) groups is 1. The number of ether oxygens (including phenoxy) is 1. The summed E-state index contributed by atoms with van der Waals surface area (Å²) in [6.45, 7) is 0. The SMILES string of the molecule is COC(=O)c1ccc(S(=O)(=O)N=P(c2ccccc2)(c2ccccc2)c2ccccc2)cc1. The van der Waals surface area contributed by atoms with Gasteiger partial charge in [-0.15, -0.1) is 0 Å². The van der Waals surface area contributed by atoms with Crippen molar-refractivity contribution < 1.29 is 17.9 Å². The minimum atomic E-state index is -4.09. The molecular formula is C26H22NO4PS. The maximum atomic E-state index is 13.7. The van der Waals surface area contributed by atoms with Crippen LogP contribution in [0.4, 0.5) is 0 Å². The first-order valence-corrected chi connectivity index (χ1v) is 13.4. The number of sulfonamides is 1. The lowest BCUT2D eigenvalue weighted by Gasteiger charge is -2.26. The number of methoxy groups -OCH3 is 1. The van der Waals surface area contributed by atoms with E-state index in [0.29, 0.717) is 0 Å². The van der Waals surface area contributed by atoms with Crippen LogP contribution < -0.4 is 15.9 Å². The Labute approximate surface area is 193 Å². The van der Waals surface area contributed by atoms with Gasteiger partial charge in [0.2, 0.25) is 0 Å². The summed E-state index contributed by atoms with van der Waals surface area (Å²) < 4.78 is 36.7.